The molecule has 2 rings (SSSR count). The van der Waals surface area contributed by atoms with Gasteiger partial charge < -0.3 is 10.5 Å². The predicted octanol–water partition coefficient (Wildman–Crippen LogP) is 4.63. The maximum absolute atomic E-state index is 13.9. The van der Waals surface area contributed by atoms with Crippen LogP contribution in [0.3, 0.4) is 0 Å². The summed E-state index contributed by atoms with van der Waals surface area (Å²) in [7, 11) is 1.56. The van der Waals surface area contributed by atoms with Crippen molar-refractivity contribution in [2.75, 3.05) is 7.11 Å². The number of nitrogens with two attached hydrogens (primary N) is 1. The molecule has 0 radical (unpaired) electrons. The van der Waals surface area contributed by atoms with Crippen LogP contribution in [0.4, 0.5) is 8.78 Å². The summed E-state index contributed by atoms with van der Waals surface area (Å²) in [5.41, 5.74) is 6.93. The van der Waals surface area contributed by atoms with E-state index in [1.165, 1.54) is 0 Å². The van der Waals surface area contributed by atoms with Crippen LogP contribution in [0.25, 0.3) is 0 Å². The van der Waals surface area contributed by atoms with E-state index in [1.54, 1.807) is 19.2 Å². The third kappa shape index (κ3) is 3.73. The van der Waals surface area contributed by atoms with Crippen molar-refractivity contribution in [3.05, 3.63) is 62.6 Å². The highest BCUT2D eigenvalue weighted by atomic mass is 79.9. The first-order valence-electron chi connectivity index (χ1n) is 6.14. The smallest absolute Gasteiger partial charge is 0.142 e. The van der Waals surface area contributed by atoms with Gasteiger partial charge in [-0.3, -0.25) is 0 Å². The van der Waals surface area contributed by atoms with Crippen molar-refractivity contribution in [1.29, 1.82) is 0 Å². The van der Waals surface area contributed by atoms with Gasteiger partial charge in [-0.25, -0.2) is 8.78 Å². The standard InChI is InChI=1S/C15H13BrClF2NO/c1-21-9-2-3-11(16)8(4-9)5-15(20)10-6-14(19)12(17)7-13(10)18/h2-4,6-7,15H,5,20H2,1H3. The van der Waals surface area contributed by atoms with Crippen LogP contribution in [0, 0.1) is 11.6 Å². The van der Waals surface area contributed by atoms with Gasteiger partial charge in [0.25, 0.3) is 0 Å². The molecule has 0 aliphatic rings. The summed E-state index contributed by atoms with van der Waals surface area (Å²) < 4.78 is 33.3. The second kappa shape index (κ2) is 6.73. The summed E-state index contributed by atoms with van der Waals surface area (Å²) in [6.07, 6.45) is 0.329. The highest BCUT2D eigenvalue weighted by Gasteiger charge is 2.17. The Morgan fingerprint density at radius 1 is 1.24 bits per heavy atom. The van der Waals surface area contributed by atoms with E-state index in [0.717, 1.165) is 22.2 Å². The van der Waals surface area contributed by atoms with E-state index in [-0.39, 0.29) is 10.6 Å². The Morgan fingerprint density at radius 2 is 1.95 bits per heavy atom. The third-order valence-electron chi connectivity index (χ3n) is 3.13. The molecule has 0 bridgehead atoms. The fourth-order valence-electron chi connectivity index (χ4n) is 2.00. The van der Waals surface area contributed by atoms with E-state index < -0.39 is 17.7 Å². The molecule has 0 spiro atoms. The highest BCUT2D eigenvalue weighted by molar-refractivity contribution is 9.10. The number of ether oxygens (including phenoxy) is 1. The Balaban J connectivity index is 2.30. The van der Waals surface area contributed by atoms with Gasteiger partial charge in [0.2, 0.25) is 0 Å². The predicted molar refractivity (Wildman–Crippen MR) is 82.7 cm³/mol. The van der Waals surface area contributed by atoms with Crippen molar-refractivity contribution in [2.24, 2.45) is 5.73 Å². The number of methoxy groups -OCH3 is 1. The molecular formula is C15H13BrClF2NO. The SMILES string of the molecule is COc1ccc(Br)c(CC(N)c2cc(F)c(Cl)cc2F)c1. The molecular weight excluding hydrogens is 364 g/mol. The second-order valence-corrected chi connectivity index (χ2v) is 5.82. The van der Waals surface area contributed by atoms with Crippen molar-refractivity contribution < 1.29 is 13.5 Å². The lowest BCUT2D eigenvalue weighted by atomic mass is 9.99. The lowest BCUT2D eigenvalue weighted by Crippen LogP contribution is -2.16. The van der Waals surface area contributed by atoms with Gasteiger partial charge in [0, 0.05) is 16.1 Å². The first-order chi connectivity index (χ1) is 9.92. The largest absolute Gasteiger partial charge is 0.497 e. The summed E-state index contributed by atoms with van der Waals surface area (Å²) in [6, 6.07) is 6.69. The maximum Gasteiger partial charge on any atom is 0.142 e. The molecule has 6 heteroatoms. The van der Waals surface area contributed by atoms with Crippen molar-refractivity contribution in [3.63, 3.8) is 0 Å². The Kier molecular flexibility index (Phi) is 5.19. The number of halogens is 4. The van der Waals surface area contributed by atoms with Gasteiger partial charge in [-0.2, -0.15) is 0 Å². The van der Waals surface area contributed by atoms with Gasteiger partial charge >= 0.3 is 0 Å². The van der Waals surface area contributed by atoms with Crippen LogP contribution in [-0.2, 0) is 6.42 Å². The van der Waals surface area contributed by atoms with Crippen molar-refractivity contribution in [3.8, 4) is 5.75 Å². The molecule has 0 aliphatic carbocycles. The van der Waals surface area contributed by atoms with E-state index in [0.29, 0.717) is 12.2 Å². The molecule has 112 valence electrons. The van der Waals surface area contributed by atoms with Crippen LogP contribution >= 0.6 is 27.5 Å². The molecule has 2 aromatic carbocycles. The molecule has 2 N–H and O–H groups in total. The van der Waals surface area contributed by atoms with Crippen LogP contribution in [0.5, 0.6) is 5.75 Å². The Labute approximate surface area is 135 Å². The average Bonchev–Trinajstić information content (AvgIpc) is 2.45. The van der Waals surface area contributed by atoms with Crippen molar-refractivity contribution in [1.82, 2.24) is 0 Å². The molecule has 0 aliphatic heterocycles. The molecule has 2 nitrogen and oxygen atoms in total. The minimum atomic E-state index is -0.694. The van der Waals surface area contributed by atoms with Gasteiger partial charge in [0.1, 0.15) is 17.4 Å². The fraction of sp³-hybridized carbons (Fsp3) is 0.200. The fourth-order valence-corrected chi connectivity index (χ4v) is 2.56. The first kappa shape index (κ1) is 16.2. The molecule has 0 saturated heterocycles. The summed E-state index contributed by atoms with van der Waals surface area (Å²) in [5, 5.41) is -0.258. The van der Waals surface area contributed by atoms with E-state index in [1.807, 2.05) is 6.07 Å². The quantitative estimate of drug-likeness (QED) is 0.790. The van der Waals surface area contributed by atoms with E-state index >= 15 is 0 Å². The van der Waals surface area contributed by atoms with Crippen LogP contribution < -0.4 is 10.5 Å². The van der Waals surface area contributed by atoms with Gasteiger partial charge in [-0.05, 0) is 42.3 Å². The van der Waals surface area contributed by atoms with Gasteiger partial charge in [0.05, 0.1) is 12.1 Å². The van der Waals surface area contributed by atoms with Gasteiger partial charge in [-0.1, -0.05) is 27.5 Å². The third-order valence-corrected chi connectivity index (χ3v) is 4.20. The molecule has 2 aromatic rings. The Bertz CT molecular complexity index is 666. The average molecular weight is 377 g/mol. The molecule has 0 aromatic heterocycles. The normalized spacial score (nSPS) is 12.3. The minimum Gasteiger partial charge on any atom is -0.497 e. The van der Waals surface area contributed by atoms with E-state index in [4.69, 9.17) is 22.1 Å². The van der Waals surface area contributed by atoms with Crippen molar-refractivity contribution >= 4 is 27.5 Å². The zero-order valence-electron chi connectivity index (χ0n) is 11.2. The monoisotopic (exact) mass is 375 g/mol. The zero-order chi connectivity index (χ0) is 15.6. The maximum atomic E-state index is 13.9. The number of hydrogen-bond acceptors (Lipinski definition) is 2. The van der Waals surface area contributed by atoms with Crippen LogP contribution in [0.1, 0.15) is 17.2 Å². The molecule has 0 fully saturated rings. The number of hydrogen-bond donors (Lipinski definition) is 1. The first-order valence-corrected chi connectivity index (χ1v) is 7.32. The minimum absolute atomic E-state index is 0.0895. The molecule has 0 saturated carbocycles. The number of rotatable bonds is 4. The summed E-state index contributed by atoms with van der Waals surface area (Å²) >= 11 is 8.94. The van der Waals surface area contributed by atoms with Crippen LogP contribution in [-0.4, -0.2) is 7.11 Å². The molecule has 0 amide bonds. The summed E-state index contributed by atoms with van der Waals surface area (Å²) in [5.74, 6) is -0.635. The van der Waals surface area contributed by atoms with Gasteiger partial charge in [0.15, 0.2) is 0 Å². The lowest BCUT2D eigenvalue weighted by Gasteiger charge is -2.15. The van der Waals surface area contributed by atoms with Crippen molar-refractivity contribution in [2.45, 2.75) is 12.5 Å². The zero-order valence-corrected chi connectivity index (χ0v) is 13.5. The molecule has 1 atom stereocenters. The van der Waals surface area contributed by atoms with E-state index in [2.05, 4.69) is 15.9 Å². The topological polar surface area (TPSA) is 35.2 Å². The van der Waals surface area contributed by atoms with E-state index in [9.17, 15) is 8.78 Å². The number of benzene rings is 2. The van der Waals surface area contributed by atoms with Crippen LogP contribution in [0.15, 0.2) is 34.8 Å². The molecule has 1 unspecified atom stereocenters. The lowest BCUT2D eigenvalue weighted by molar-refractivity contribution is 0.414. The van der Waals surface area contributed by atoms with Gasteiger partial charge in [-0.15, -0.1) is 0 Å². The highest BCUT2D eigenvalue weighted by Crippen LogP contribution is 2.29. The van der Waals surface area contributed by atoms with Crippen LogP contribution in [0.2, 0.25) is 5.02 Å². The summed E-state index contributed by atoms with van der Waals surface area (Å²) in [6.45, 7) is 0. The summed E-state index contributed by atoms with van der Waals surface area (Å²) in [4.78, 5) is 0. The Morgan fingerprint density at radius 3 is 2.62 bits per heavy atom. The molecule has 21 heavy (non-hydrogen) atoms. The Hall–Kier alpha value is -1.17. The molecule has 0 heterocycles. The second-order valence-electron chi connectivity index (χ2n) is 4.56.